The summed E-state index contributed by atoms with van der Waals surface area (Å²) in [5, 5.41) is 3.24. The molecule has 0 atom stereocenters. The van der Waals surface area contributed by atoms with Crippen molar-refractivity contribution in [2.45, 2.75) is 51.6 Å². The molecule has 0 unspecified atom stereocenters. The first-order valence-corrected chi connectivity index (χ1v) is 9.81. The van der Waals surface area contributed by atoms with Gasteiger partial charge in [-0.3, -0.25) is 9.69 Å². The van der Waals surface area contributed by atoms with Gasteiger partial charge in [0.05, 0.1) is 0 Å². The predicted octanol–water partition coefficient (Wildman–Crippen LogP) is 4.10. The normalized spacial score (nSPS) is 15.7. The molecule has 0 aromatic heterocycles. The number of likely N-dealkylation sites (tertiary alicyclic amines) is 1. The summed E-state index contributed by atoms with van der Waals surface area (Å²) in [6.07, 6.45) is 4.62. The third kappa shape index (κ3) is 5.70. The molecule has 0 radical (unpaired) electrons. The Labute approximate surface area is 157 Å². The van der Waals surface area contributed by atoms with Crippen LogP contribution in [0.2, 0.25) is 0 Å². The van der Waals surface area contributed by atoms with Gasteiger partial charge < -0.3 is 5.32 Å². The van der Waals surface area contributed by atoms with Crippen molar-refractivity contribution in [1.29, 1.82) is 0 Å². The molecule has 2 aromatic rings. The molecule has 26 heavy (non-hydrogen) atoms. The largest absolute Gasteiger partial charge is 0.353 e. The highest BCUT2D eigenvalue weighted by Gasteiger charge is 2.20. The average Bonchev–Trinajstić information content (AvgIpc) is 2.66. The average molecular weight is 351 g/mol. The number of aryl methyl sites for hydroxylation is 2. The van der Waals surface area contributed by atoms with E-state index in [1.165, 1.54) is 16.7 Å². The SMILES string of the molecule is Cc1ccccc1CN1CCC(NC(=O)CCCc2ccccc2)CC1. The molecule has 2 aromatic carbocycles. The zero-order valence-electron chi connectivity index (χ0n) is 15.8. The number of carbonyl (C=O) groups is 1. The van der Waals surface area contributed by atoms with Crippen LogP contribution < -0.4 is 5.32 Å². The number of hydrogen-bond acceptors (Lipinski definition) is 2. The van der Waals surface area contributed by atoms with Gasteiger partial charge in [-0.05, 0) is 49.3 Å². The van der Waals surface area contributed by atoms with Crippen LogP contribution in [0.4, 0.5) is 0 Å². The lowest BCUT2D eigenvalue weighted by Crippen LogP contribution is -2.44. The lowest BCUT2D eigenvalue weighted by molar-refractivity contribution is -0.122. The molecule has 1 N–H and O–H groups in total. The van der Waals surface area contributed by atoms with Gasteiger partial charge in [0.1, 0.15) is 0 Å². The summed E-state index contributed by atoms with van der Waals surface area (Å²) in [6.45, 7) is 5.31. The Bertz CT molecular complexity index is 690. The maximum Gasteiger partial charge on any atom is 0.220 e. The minimum atomic E-state index is 0.207. The van der Waals surface area contributed by atoms with Gasteiger partial charge in [-0.2, -0.15) is 0 Å². The Morgan fingerprint density at radius 1 is 1.04 bits per heavy atom. The minimum Gasteiger partial charge on any atom is -0.353 e. The lowest BCUT2D eigenvalue weighted by atomic mass is 10.0. The molecule has 1 aliphatic rings. The van der Waals surface area contributed by atoms with Crippen molar-refractivity contribution in [3.05, 3.63) is 71.3 Å². The number of amides is 1. The molecule has 1 aliphatic heterocycles. The molecule has 1 fully saturated rings. The van der Waals surface area contributed by atoms with Crippen LogP contribution >= 0.6 is 0 Å². The van der Waals surface area contributed by atoms with E-state index in [2.05, 4.69) is 65.7 Å². The maximum absolute atomic E-state index is 12.2. The van der Waals surface area contributed by atoms with E-state index >= 15 is 0 Å². The fourth-order valence-electron chi connectivity index (χ4n) is 3.66. The van der Waals surface area contributed by atoms with Crippen LogP contribution in [0.25, 0.3) is 0 Å². The summed E-state index contributed by atoms with van der Waals surface area (Å²) in [5.74, 6) is 0.207. The summed E-state index contributed by atoms with van der Waals surface area (Å²) >= 11 is 0. The van der Waals surface area contributed by atoms with E-state index in [-0.39, 0.29) is 5.91 Å². The molecule has 138 valence electrons. The molecule has 0 bridgehead atoms. The Kier molecular flexibility index (Phi) is 6.84. The summed E-state index contributed by atoms with van der Waals surface area (Å²) in [4.78, 5) is 14.7. The van der Waals surface area contributed by atoms with Crippen LogP contribution in [0.5, 0.6) is 0 Å². The monoisotopic (exact) mass is 350 g/mol. The maximum atomic E-state index is 12.2. The first kappa shape index (κ1) is 18.7. The van der Waals surface area contributed by atoms with Crippen LogP contribution in [-0.4, -0.2) is 29.9 Å². The Hall–Kier alpha value is -2.13. The summed E-state index contributed by atoms with van der Waals surface area (Å²) in [5.41, 5.74) is 4.09. The first-order chi connectivity index (χ1) is 12.7. The van der Waals surface area contributed by atoms with E-state index in [0.29, 0.717) is 12.5 Å². The van der Waals surface area contributed by atoms with E-state index in [9.17, 15) is 4.79 Å². The third-order valence-corrected chi connectivity index (χ3v) is 5.32. The fraction of sp³-hybridized carbons (Fsp3) is 0.435. The van der Waals surface area contributed by atoms with Crippen LogP contribution in [0.3, 0.4) is 0 Å². The molecule has 3 nitrogen and oxygen atoms in total. The molecule has 3 heteroatoms. The van der Waals surface area contributed by atoms with Gasteiger partial charge >= 0.3 is 0 Å². The molecule has 1 saturated heterocycles. The Morgan fingerprint density at radius 3 is 2.46 bits per heavy atom. The number of piperidine rings is 1. The van der Waals surface area contributed by atoms with Crippen LogP contribution in [-0.2, 0) is 17.8 Å². The predicted molar refractivity (Wildman–Crippen MR) is 107 cm³/mol. The van der Waals surface area contributed by atoms with Crippen molar-refractivity contribution >= 4 is 5.91 Å². The van der Waals surface area contributed by atoms with Gasteiger partial charge in [0.15, 0.2) is 0 Å². The van der Waals surface area contributed by atoms with Gasteiger partial charge in [-0.25, -0.2) is 0 Å². The quantitative estimate of drug-likeness (QED) is 0.815. The number of carbonyl (C=O) groups excluding carboxylic acids is 1. The smallest absolute Gasteiger partial charge is 0.220 e. The van der Waals surface area contributed by atoms with E-state index in [1.807, 2.05) is 6.07 Å². The molecule has 0 spiro atoms. The Balaban J connectivity index is 1.34. The van der Waals surface area contributed by atoms with Crippen molar-refractivity contribution in [3.8, 4) is 0 Å². The zero-order chi connectivity index (χ0) is 18.2. The minimum absolute atomic E-state index is 0.207. The Morgan fingerprint density at radius 2 is 1.73 bits per heavy atom. The van der Waals surface area contributed by atoms with Crippen molar-refractivity contribution in [2.24, 2.45) is 0 Å². The topological polar surface area (TPSA) is 32.3 Å². The highest BCUT2D eigenvalue weighted by Crippen LogP contribution is 2.16. The van der Waals surface area contributed by atoms with E-state index in [0.717, 1.165) is 45.3 Å². The number of nitrogens with one attached hydrogen (secondary N) is 1. The third-order valence-electron chi connectivity index (χ3n) is 5.32. The summed E-state index contributed by atoms with van der Waals surface area (Å²) in [7, 11) is 0. The molecular weight excluding hydrogens is 320 g/mol. The van der Waals surface area contributed by atoms with Gasteiger partial charge in [0.2, 0.25) is 5.91 Å². The summed E-state index contributed by atoms with van der Waals surface area (Å²) in [6, 6.07) is 19.3. The highest BCUT2D eigenvalue weighted by molar-refractivity contribution is 5.76. The summed E-state index contributed by atoms with van der Waals surface area (Å²) < 4.78 is 0. The molecule has 0 aliphatic carbocycles. The highest BCUT2D eigenvalue weighted by atomic mass is 16.1. The van der Waals surface area contributed by atoms with Crippen molar-refractivity contribution in [1.82, 2.24) is 10.2 Å². The standard InChI is InChI=1S/C23H30N2O/c1-19-8-5-6-12-21(19)18-25-16-14-22(15-17-25)24-23(26)13-7-11-20-9-3-2-4-10-20/h2-6,8-10,12,22H,7,11,13-18H2,1H3,(H,24,26). The van der Waals surface area contributed by atoms with Gasteiger partial charge in [-0.1, -0.05) is 54.6 Å². The first-order valence-electron chi connectivity index (χ1n) is 9.81. The van der Waals surface area contributed by atoms with Crippen molar-refractivity contribution in [2.75, 3.05) is 13.1 Å². The zero-order valence-corrected chi connectivity index (χ0v) is 15.8. The molecule has 1 amide bonds. The second-order valence-corrected chi connectivity index (χ2v) is 7.38. The van der Waals surface area contributed by atoms with Crippen LogP contribution in [0.15, 0.2) is 54.6 Å². The van der Waals surface area contributed by atoms with E-state index in [1.54, 1.807) is 0 Å². The molecular formula is C23H30N2O. The van der Waals surface area contributed by atoms with E-state index in [4.69, 9.17) is 0 Å². The number of rotatable bonds is 7. The molecule has 0 saturated carbocycles. The molecule has 1 heterocycles. The van der Waals surface area contributed by atoms with Crippen molar-refractivity contribution in [3.63, 3.8) is 0 Å². The van der Waals surface area contributed by atoms with Crippen LogP contribution in [0, 0.1) is 6.92 Å². The number of benzene rings is 2. The lowest BCUT2D eigenvalue weighted by Gasteiger charge is -2.32. The number of hydrogen-bond donors (Lipinski definition) is 1. The second-order valence-electron chi connectivity index (χ2n) is 7.38. The van der Waals surface area contributed by atoms with Gasteiger partial charge in [0, 0.05) is 32.1 Å². The number of nitrogens with zero attached hydrogens (tertiary/aromatic N) is 1. The van der Waals surface area contributed by atoms with Gasteiger partial charge in [-0.15, -0.1) is 0 Å². The van der Waals surface area contributed by atoms with Gasteiger partial charge in [0.25, 0.3) is 0 Å². The second kappa shape index (κ2) is 9.54. The fourth-order valence-corrected chi connectivity index (χ4v) is 3.66. The van der Waals surface area contributed by atoms with Crippen LogP contribution in [0.1, 0.15) is 42.4 Å². The van der Waals surface area contributed by atoms with Crippen molar-refractivity contribution < 1.29 is 4.79 Å². The van der Waals surface area contributed by atoms with E-state index < -0.39 is 0 Å². The molecule has 3 rings (SSSR count).